The summed E-state index contributed by atoms with van der Waals surface area (Å²) in [6.45, 7) is 0. The third-order valence-electron chi connectivity index (χ3n) is 1.49. The number of hydrogen-bond acceptors (Lipinski definition) is 4. The van der Waals surface area contributed by atoms with Gasteiger partial charge in [-0.05, 0) is 17.7 Å². The van der Waals surface area contributed by atoms with Crippen molar-refractivity contribution in [2.24, 2.45) is 0 Å². The van der Waals surface area contributed by atoms with Gasteiger partial charge in [0.15, 0.2) is 5.13 Å². The molecule has 68 valence electrons. The Labute approximate surface area is 90.4 Å². The van der Waals surface area contributed by atoms with Crippen LogP contribution in [0.2, 0.25) is 0 Å². The largest absolute Gasteiger partial charge is 0.375 e. The van der Waals surface area contributed by atoms with Crippen molar-refractivity contribution >= 4 is 33.4 Å². The highest BCUT2D eigenvalue weighted by Crippen LogP contribution is 2.26. The van der Waals surface area contributed by atoms with E-state index in [-0.39, 0.29) is 17.0 Å². The maximum Gasteiger partial charge on any atom is 0.180 e. The van der Waals surface area contributed by atoms with Crippen LogP contribution in [-0.4, -0.2) is 9.97 Å². The van der Waals surface area contributed by atoms with Gasteiger partial charge in [-0.1, -0.05) is 11.3 Å². The topological polar surface area (TPSA) is 51.8 Å². The molecule has 0 spiro atoms. The van der Waals surface area contributed by atoms with E-state index in [0.29, 0.717) is 5.13 Å². The third kappa shape index (κ3) is 2.26. The van der Waals surface area contributed by atoms with Gasteiger partial charge < -0.3 is 5.73 Å². The van der Waals surface area contributed by atoms with Gasteiger partial charge in [0.05, 0.1) is 4.88 Å². The second kappa shape index (κ2) is 4.34. The van der Waals surface area contributed by atoms with E-state index in [2.05, 4.69) is 9.97 Å². The number of nitrogens with zero attached hydrogens (tertiary/aromatic N) is 2. The minimum Gasteiger partial charge on any atom is -0.375 e. The zero-order valence-electron chi connectivity index (χ0n) is 6.68. The number of anilines is 1. The molecule has 2 heterocycles. The average molecular weight is 258 g/mol. The number of nitrogens with two attached hydrogens (primary N) is 1. The molecule has 2 rings (SSSR count). The van der Waals surface area contributed by atoms with Gasteiger partial charge in [0.25, 0.3) is 0 Å². The van der Waals surface area contributed by atoms with Crippen LogP contribution in [0.1, 0.15) is 0 Å². The van der Waals surface area contributed by atoms with Gasteiger partial charge in [-0.3, -0.25) is 4.98 Å². The van der Waals surface area contributed by atoms with E-state index in [4.69, 9.17) is 5.73 Å². The summed E-state index contributed by atoms with van der Waals surface area (Å²) in [5.74, 6) is 0. The van der Waals surface area contributed by atoms with Crippen molar-refractivity contribution in [1.82, 2.24) is 9.97 Å². The third-order valence-corrected chi connectivity index (χ3v) is 2.36. The lowest BCUT2D eigenvalue weighted by Gasteiger charge is -1.91. The van der Waals surface area contributed by atoms with E-state index in [1.807, 2.05) is 12.1 Å². The normalized spacial score (nSPS) is 9.23. The van der Waals surface area contributed by atoms with Gasteiger partial charge in [0.1, 0.15) is 0 Å². The molecule has 5 heteroatoms. The zero-order chi connectivity index (χ0) is 8.39. The van der Waals surface area contributed by atoms with Gasteiger partial charge in [0, 0.05) is 18.6 Å². The number of nitrogen functional groups attached to an aromatic ring is 1. The van der Waals surface area contributed by atoms with Crippen LogP contribution >= 0.6 is 28.3 Å². The maximum absolute atomic E-state index is 5.51. The second-order valence-electron chi connectivity index (χ2n) is 2.30. The molecule has 0 aliphatic heterocycles. The Kier molecular flexibility index (Phi) is 3.39. The molecule has 0 amide bonds. The predicted molar refractivity (Wildman–Crippen MR) is 60.1 cm³/mol. The maximum atomic E-state index is 5.51. The van der Waals surface area contributed by atoms with E-state index in [1.165, 1.54) is 11.3 Å². The molecule has 0 radical (unpaired) electrons. The molecule has 0 aromatic carbocycles. The van der Waals surface area contributed by atoms with Crippen molar-refractivity contribution in [3.05, 3.63) is 30.7 Å². The van der Waals surface area contributed by atoms with Gasteiger partial charge in [-0.15, -0.1) is 17.0 Å². The summed E-state index contributed by atoms with van der Waals surface area (Å²) in [6, 6.07) is 3.87. The number of pyridine rings is 1. The molecule has 0 atom stereocenters. The highest BCUT2D eigenvalue weighted by Gasteiger charge is 1.99. The summed E-state index contributed by atoms with van der Waals surface area (Å²) < 4.78 is 0. The smallest absolute Gasteiger partial charge is 0.180 e. The Bertz CT molecular complexity index is 374. The molecule has 0 bridgehead atoms. The van der Waals surface area contributed by atoms with Crippen LogP contribution in [0.3, 0.4) is 0 Å². The van der Waals surface area contributed by atoms with Crippen molar-refractivity contribution in [3.63, 3.8) is 0 Å². The van der Waals surface area contributed by atoms with Crippen LogP contribution in [-0.2, 0) is 0 Å². The number of aromatic nitrogens is 2. The summed E-state index contributed by atoms with van der Waals surface area (Å²) in [5.41, 5.74) is 6.62. The summed E-state index contributed by atoms with van der Waals surface area (Å²) in [5, 5.41) is 0.599. The molecule has 2 aromatic rings. The Hall–Kier alpha value is -0.940. The first-order valence-electron chi connectivity index (χ1n) is 3.48. The van der Waals surface area contributed by atoms with Gasteiger partial charge in [-0.2, -0.15) is 0 Å². The fraction of sp³-hybridized carbons (Fsp3) is 0. The van der Waals surface area contributed by atoms with Crippen LogP contribution in [0.4, 0.5) is 5.13 Å². The van der Waals surface area contributed by atoms with Crippen LogP contribution in [0.5, 0.6) is 0 Å². The number of halogens is 1. The summed E-state index contributed by atoms with van der Waals surface area (Å²) in [4.78, 5) is 8.98. The molecule has 2 N–H and O–H groups in total. The number of thiazole rings is 1. The van der Waals surface area contributed by atoms with Crippen molar-refractivity contribution < 1.29 is 0 Å². The first-order chi connectivity index (χ1) is 5.86. The summed E-state index contributed by atoms with van der Waals surface area (Å²) in [6.07, 6.45) is 5.28. The molecule has 3 nitrogen and oxygen atoms in total. The lowest BCUT2D eigenvalue weighted by Crippen LogP contribution is -1.77. The number of hydrogen-bond donors (Lipinski definition) is 1. The van der Waals surface area contributed by atoms with Crippen molar-refractivity contribution in [3.8, 4) is 10.4 Å². The van der Waals surface area contributed by atoms with Crippen LogP contribution in [0.25, 0.3) is 10.4 Å². The van der Waals surface area contributed by atoms with E-state index in [9.17, 15) is 0 Å². The molecule has 13 heavy (non-hydrogen) atoms. The lowest BCUT2D eigenvalue weighted by molar-refractivity contribution is 1.33. The molecule has 0 fully saturated rings. The molecule has 0 unspecified atom stereocenters. The molecule has 2 aromatic heterocycles. The second-order valence-corrected chi connectivity index (χ2v) is 3.36. The first-order valence-corrected chi connectivity index (χ1v) is 4.29. The van der Waals surface area contributed by atoms with E-state index in [0.717, 1.165) is 10.4 Å². The van der Waals surface area contributed by atoms with Gasteiger partial charge in [0.2, 0.25) is 0 Å². The summed E-state index contributed by atoms with van der Waals surface area (Å²) in [7, 11) is 0. The minimum absolute atomic E-state index is 0. The van der Waals surface area contributed by atoms with Gasteiger partial charge in [-0.25, -0.2) is 4.98 Å². The fourth-order valence-electron chi connectivity index (χ4n) is 0.937. The highest BCUT2D eigenvalue weighted by atomic mass is 79.9. The Morgan fingerprint density at radius 2 is 1.92 bits per heavy atom. The zero-order valence-corrected chi connectivity index (χ0v) is 9.20. The molecular weight excluding hydrogens is 250 g/mol. The van der Waals surface area contributed by atoms with E-state index >= 15 is 0 Å². The molecule has 0 saturated carbocycles. The Balaban J connectivity index is 0.000000845. The Morgan fingerprint density at radius 1 is 1.23 bits per heavy atom. The fourth-order valence-corrected chi connectivity index (χ4v) is 1.63. The van der Waals surface area contributed by atoms with Gasteiger partial charge >= 0.3 is 0 Å². The minimum atomic E-state index is 0. The Morgan fingerprint density at radius 3 is 2.46 bits per heavy atom. The first kappa shape index (κ1) is 10.1. The quantitative estimate of drug-likeness (QED) is 0.854. The van der Waals surface area contributed by atoms with Crippen molar-refractivity contribution in [1.29, 1.82) is 0 Å². The van der Waals surface area contributed by atoms with E-state index in [1.54, 1.807) is 18.6 Å². The highest BCUT2D eigenvalue weighted by molar-refractivity contribution is 8.93. The standard InChI is InChI=1S/C8H7N3S.BrH/c9-8-11-5-7(12-8)6-1-3-10-4-2-6;/h1-5H,(H2,9,11);1H. The average Bonchev–Trinajstić information content (AvgIpc) is 2.54. The van der Waals surface area contributed by atoms with Crippen LogP contribution < -0.4 is 5.73 Å². The van der Waals surface area contributed by atoms with Crippen LogP contribution in [0, 0.1) is 0 Å². The SMILES string of the molecule is Br.Nc1ncc(-c2ccncc2)s1. The molecule has 0 saturated heterocycles. The summed E-state index contributed by atoms with van der Waals surface area (Å²) >= 11 is 1.48. The lowest BCUT2D eigenvalue weighted by atomic mass is 10.2. The van der Waals surface area contributed by atoms with Crippen LogP contribution in [0.15, 0.2) is 30.7 Å². The van der Waals surface area contributed by atoms with Crippen molar-refractivity contribution in [2.45, 2.75) is 0 Å². The monoisotopic (exact) mass is 257 g/mol. The predicted octanol–water partition coefficient (Wildman–Crippen LogP) is 2.37. The molecule has 0 aliphatic rings. The van der Waals surface area contributed by atoms with E-state index < -0.39 is 0 Å². The molecular formula is C8H8BrN3S. The van der Waals surface area contributed by atoms with Crippen molar-refractivity contribution in [2.75, 3.05) is 5.73 Å². The molecule has 0 aliphatic carbocycles. The number of rotatable bonds is 1.